The van der Waals surface area contributed by atoms with E-state index >= 15 is 0 Å². The summed E-state index contributed by atoms with van der Waals surface area (Å²) in [6.07, 6.45) is 4.15. The molecule has 24 heavy (non-hydrogen) atoms. The number of hydrogen-bond donors (Lipinski definition) is 2. The van der Waals surface area contributed by atoms with E-state index in [9.17, 15) is 19.7 Å². The molecule has 0 saturated heterocycles. The summed E-state index contributed by atoms with van der Waals surface area (Å²) in [6.45, 7) is 0.487. The molecule has 2 N–H and O–H groups in total. The van der Waals surface area contributed by atoms with Crippen LogP contribution in [-0.4, -0.2) is 29.8 Å². The van der Waals surface area contributed by atoms with Crippen molar-refractivity contribution in [3.8, 4) is 0 Å². The van der Waals surface area contributed by atoms with E-state index in [1.165, 1.54) is 36.6 Å². The summed E-state index contributed by atoms with van der Waals surface area (Å²) in [5.41, 5.74) is 0.503. The number of amides is 2. The lowest BCUT2D eigenvalue weighted by atomic mass is 10.2. The van der Waals surface area contributed by atoms with Crippen molar-refractivity contribution in [3.05, 3.63) is 70.2 Å². The summed E-state index contributed by atoms with van der Waals surface area (Å²) in [6, 6.07) is 9.08. The van der Waals surface area contributed by atoms with E-state index in [0.717, 1.165) is 0 Å². The summed E-state index contributed by atoms with van der Waals surface area (Å²) in [5, 5.41) is 15.8. The zero-order valence-electron chi connectivity index (χ0n) is 12.6. The van der Waals surface area contributed by atoms with Gasteiger partial charge in [-0.15, -0.1) is 0 Å². The highest BCUT2D eigenvalue weighted by atomic mass is 16.6. The minimum atomic E-state index is -0.501. The lowest BCUT2D eigenvalue weighted by molar-refractivity contribution is -0.384. The molecule has 2 rings (SSSR count). The summed E-state index contributed by atoms with van der Waals surface area (Å²) < 4.78 is 4.93. The largest absolute Gasteiger partial charge is 0.459 e. The van der Waals surface area contributed by atoms with E-state index < -0.39 is 4.92 Å². The molecule has 0 fully saturated rings. The Morgan fingerprint density at radius 3 is 2.67 bits per heavy atom. The van der Waals surface area contributed by atoms with Gasteiger partial charge in [0.25, 0.3) is 11.6 Å². The van der Waals surface area contributed by atoms with Crippen LogP contribution in [0.15, 0.2) is 53.2 Å². The Morgan fingerprint density at radius 1 is 1.17 bits per heavy atom. The quantitative estimate of drug-likeness (QED) is 0.347. The van der Waals surface area contributed by atoms with Crippen LogP contribution in [0.25, 0.3) is 6.08 Å². The summed E-state index contributed by atoms with van der Waals surface area (Å²) in [7, 11) is 0. The van der Waals surface area contributed by atoms with Gasteiger partial charge in [-0.1, -0.05) is 12.1 Å². The van der Waals surface area contributed by atoms with Gasteiger partial charge in [-0.05, 0) is 23.8 Å². The molecule has 1 heterocycles. The lowest BCUT2D eigenvalue weighted by Gasteiger charge is -2.03. The molecule has 2 amide bonds. The molecular formula is C16H15N3O5. The lowest BCUT2D eigenvalue weighted by Crippen LogP contribution is -2.33. The van der Waals surface area contributed by atoms with Crippen LogP contribution in [0.1, 0.15) is 16.1 Å². The van der Waals surface area contributed by atoms with Crippen LogP contribution in [-0.2, 0) is 4.79 Å². The minimum Gasteiger partial charge on any atom is -0.459 e. The number of hydrogen-bond acceptors (Lipinski definition) is 5. The van der Waals surface area contributed by atoms with Crippen molar-refractivity contribution in [3.63, 3.8) is 0 Å². The first kappa shape index (κ1) is 16.9. The maximum atomic E-state index is 11.6. The molecule has 0 spiro atoms. The molecule has 124 valence electrons. The van der Waals surface area contributed by atoms with E-state index in [1.54, 1.807) is 18.2 Å². The van der Waals surface area contributed by atoms with E-state index in [2.05, 4.69) is 10.6 Å². The standard InChI is InChI=1S/C16H15N3O5/c20-15(7-6-12-3-1-4-13(11-12)19(22)23)17-8-9-18-16(21)14-5-2-10-24-14/h1-7,10-11H,8-9H2,(H,17,20)(H,18,21)/b7-6+. The van der Waals surface area contributed by atoms with Crippen molar-refractivity contribution in [2.24, 2.45) is 0 Å². The third-order valence-electron chi connectivity index (χ3n) is 2.96. The number of furan rings is 1. The van der Waals surface area contributed by atoms with Gasteiger partial charge in [0.1, 0.15) is 0 Å². The van der Waals surface area contributed by atoms with Crippen LogP contribution in [0.2, 0.25) is 0 Å². The van der Waals surface area contributed by atoms with Gasteiger partial charge in [0.2, 0.25) is 5.91 Å². The molecule has 0 aliphatic heterocycles. The van der Waals surface area contributed by atoms with E-state index in [4.69, 9.17) is 4.42 Å². The maximum Gasteiger partial charge on any atom is 0.287 e. The van der Waals surface area contributed by atoms with Gasteiger partial charge < -0.3 is 15.1 Å². The van der Waals surface area contributed by atoms with Gasteiger partial charge in [0.15, 0.2) is 5.76 Å². The van der Waals surface area contributed by atoms with Crippen molar-refractivity contribution in [2.75, 3.05) is 13.1 Å². The van der Waals surface area contributed by atoms with Crippen molar-refractivity contribution < 1.29 is 18.9 Å². The van der Waals surface area contributed by atoms with Gasteiger partial charge in [-0.25, -0.2) is 0 Å². The summed E-state index contributed by atoms with van der Waals surface area (Å²) >= 11 is 0. The molecular weight excluding hydrogens is 314 g/mol. The predicted molar refractivity (Wildman–Crippen MR) is 86.2 cm³/mol. The molecule has 0 saturated carbocycles. The fourth-order valence-electron chi connectivity index (χ4n) is 1.83. The normalized spacial score (nSPS) is 10.5. The number of nitro benzene ring substituents is 1. The molecule has 1 aromatic carbocycles. The van der Waals surface area contributed by atoms with Crippen molar-refractivity contribution in [1.29, 1.82) is 0 Å². The number of carbonyl (C=O) groups excluding carboxylic acids is 2. The number of rotatable bonds is 7. The average Bonchev–Trinajstić information content (AvgIpc) is 3.11. The fourth-order valence-corrected chi connectivity index (χ4v) is 1.83. The van der Waals surface area contributed by atoms with Crippen LogP contribution in [0, 0.1) is 10.1 Å². The third kappa shape index (κ3) is 5.09. The first-order chi connectivity index (χ1) is 11.6. The first-order valence-electron chi connectivity index (χ1n) is 7.08. The highest BCUT2D eigenvalue weighted by Crippen LogP contribution is 2.13. The molecule has 0 aliphatic carbocycles. The number of carbonyl (C=O) groups is 2. The van der Waals surface area contributed by atoms with E-state index in [-0.39, 0.29) is 36.4 Å². The predicted octanol–water partition coefficient (Wildman–Crippen LogP) is 1.75. The maximum absolute atomic E-state index is 11.6. The van der Waals surface area contributed by atoms with Crippen molar-refractivity contribution in [1.82, 2.24) is 10.6 Å². The molecule has 2 aromatic rings. The zero-order valence-corrected chi connectivity index (χ0v) is 12.6. The third-order valence-corrected chi connectivity index (χ3v) is 2.96. The van der Waals surface area contributed by atoms with Crippen LogP contribution >= 0.6 is 0 Å². The number of nitro groups is 1. The minimum absolute atomic E-state index is 0.0433. The van der Waals surface area contributed by atoms with E-state index in [1.807, 2.05) is 0 Å². The topological polar surface area (TPSA) is 114 Å². The van der Waals surface area contributed by atoms with Crippen LogP contribution < -0.4 is 10.6 Å². The fraction of sp³-hybridized carbons (Fsp3) is 0.125. The second kappa shape index (κ2) is 8.28. The second-order valence-electron chi connectivity index (χ2n) is 4.71. The molecule has 0 bridgehead atoms. The van der Waals surface area contributed by atoms with Crippen LogP contribution in [0.4, 0.5) is 5.69 Å². The molecule has 8 nitrogen and oxygen atoms in total. The Kier molecular flexibility index (Phi) is 5.84. The van der Waals surface area contributed by atoms with Gasteiger partial charge in [-0.2, -0.15) is 0 Å². The number of non-ortho nitro benzene ring substituents is 1. The van der Waals surface area contributed by atoms with Crippen LogP contribution in [0.3, 0.4) is 0 Å². The Morgan fingerprint density at radius 2 is 1.96 bits per heavy atom. The van der Waals surface area contributed by atoms with Crippen molar-refractivity contribution >= 4 is 23.6 Å². The monoisotopic (exact) mass is 329 g/mol. The Balaban J connectivity index is 1.74. The number of benzene rings is 1. The summed E-state index contributed by atoms with van der Waals surface area (Å²) in [5.74, 6) is -0.526. The molecule has 0 unspecified atom stereocenters. The number of nitrogens with zero attached hydrogens (tertiary/aromatic N) is 1. The highest BCUT2D eigenvalue weighted by molar-refractivity contribution is 5.92. The first-order valence-corrected chi connectivity index (χ1v) is 7.08. The van der Waals surface area contributed by atoms with Gasteiger partial charge in [0.05, 0.1) is 11.2 Å². The zero-order chi connectivity index (χ0) is 17.4. The molecule has 0 aliphatic rings. The van der Waals surface area contributed by atoms with Crippen LogP contribution in [0.5, 0.6) is 0 Å². The van der Waals surface area contributed by atoms with Crippen molar-refractivity contribution in [2.45, 2.75) is 0 Å². The second-order valence-corrected chi connectivity index (χ2v) is 4.71. The van der Waals surface area contributed by atoms with Gasteiger partial charge >= 0.3 is 0 Å². The van der Waals surface area contributed by atoms with Gasteiger partial charge in [-0.3, -0.25) is 19.7 Å². The smallest absolute Gasteiger partial charge is 0.287 e. The number of nitrogens with one attached hydrogen (secondary N) is 2. The van der Waals surface area contributed by atoms with E-state index in [0.29, 0.717) is 5.56 Å². The SMILES string of the molecule is O=C(/C=C/c1cccc([N+](=O)[O-])c1)NCCNC(=O)c1ccco1. The highest BCUT2D eigenvalue weighted by Gasteiger charge is 2.07. The molecule has 0 atom stereocenters. The molecule has 1 aromatic heterocycles. The Bertz CT molecular complexity index is 753. The summed E-state index contributed by atoms with van der Waals surface area (Å²) in [4.78, 5) is 33.4. The molecule has 8 heteroatoms. The Hall–Kier alpha value is -3.42. The van der Waals surface area contributed by atoms with Gasteiger partial charge in [0, 0.05) is 31.3 Å². The average molecular weight is 329 g/mol. The molecule has 0 radical (unpaired) electrons. The Labute approximate surface area is 137 Å².